The van der Waals surface area contributed by atoms with E-state index >= 15 is 0 Å². The molecule has 24 heavy (non-hydrogen) atoms. The maximum Gasteiger partial charge on any atom is 0.252 e. The molecule has 0 spiro atoms. The summed E-state index contributed by atoms with van der Waals surface area (Å²) in [6, 6.07) is 4.52. The second kappa shape index (κ2) is 8.42. The highest BCUT2D eigenvalue weighted by Crippen LogP contribution is 2.23. The fraction of sp³-hybridized carbons (Fsp3) is 0.562. The van der Waals surface area contributed by atoms with E-state index in [4.69, 9.17) is 4.74 Å². The van der Waals surface area contributed by atoms with E-state index in [2.05, 4.69) is 21.2 Å². The predicted molar refractivity (Wildman–Crippen MR) is 95.6 cm³/mol. The van der Waals surface area contributed by atoms with Crippen LogP contribution >= 0.6 is 15.9 Å². The number of carbonyl (C=O) groups excluding carboxylic acids is 1. The third-order valence-corrected chi connectivity index (χ3v) is 6.78. The summed E-state index contributed by atoms with van der Waals surface area (Å²) >= 11 is 3.32. The average molecular weight is 419 g/mol. The number of carbonyl (C=O) groups is 1. The zero-order valence-corrected chi connectivity index (χ0v) is 16.3. The Hall–Kier alpha value is -0.960. The van der Waals surface area contributed by atoms with Crippen LogP contribution in [0.1, 0.15) is 37.0 Å². The minimum atomic E-state index is -3.60. The first-order valence-corrected chi connectivity index (χ1v) is 10.3. The lowest BCUT2D eigenvalue weighted by molar-refractivity contribution is 0.0857. The smallest absolute Gasteiger partial charge is 0.252 e. The molecule has 1 fully saturated rings. The lowest BCUT2D eigenvalue weighted by atomic mass is 10.2. The van der Waals surface area contributed by atoms with E-state index in [1.54, 1.807) is 19.9 Å². The Morgan fingerprint density at radius 3 is 2.67 bits per heavy atom. The van der Waals surface area contributed by atoms with Gasteiger partial charge in [-0.1, -0.05) is 13.8 Å². The van der Waals surface area contributed by atoms with Gasteiger partial charge in [0, 0.05) is 30.7 Å². The number of sulfonamides is 1. The standard InChI is InChI=1S/C16H23BrN2O4S/c1-3-19(4-2)24(21,22)13-7-8-15(17)14(10-13)16(20)18-11-12-6-5-9-23-12/h7-8,10,12H,3-6,9,11H2,1-2H3,(H,18,20). The van der Waals surface area contributed by atoms with E-state index in [-0.39, 0.29) is 16.9 Å². The maximum absolute atomic E-state index is 12.6. The molecule has 0 bridgehead atoms. The van der Waals surface area contributed by atoms with Crippen LogP contribution in [-0.2, 0) is 14.8 Å². The number of amides is 1. The van der Waals surface area contributed by atoms with Crippen LogP contribution < -0.4 is 5.32 Å². The van der Waals surface area contributed by atoms with E-state index in [9.17, 15) is 13.2 Å². The molecule has 1 aliphatic heterocycles. The quantitative estimate of drug-likeness (QED) is 0.737. The van der Waals surface area contributed by atoms with Crippen molar-refractivity contribution in [1.82, 2.24) is 9.62 Å². The number of rotatable bonds is 7. The molecule has 1 heterocycles. The van der Waals surface area contributed by atoms with Crippen LogP contribution in [0.15, 0.2) is 27.6 Å². The molecule has 1 amide bonds. The summed E-state index contributed by atoms with van der Waals surface area (Å²) < 4.78 is 32.6. The Balaban J connectivity index is 2.19. The summed E-state index contributed by atoms with van der Waals surface area (Å²) in [6.45, 7) is 5.50. The summed E-state index contributed by atoms with van der Waals surface area (Å²) in [5.74, 6) is -0.311. The molecule has 0 aromatic heterocycles. The molecular formula is C16H23BrN2O4S. The van der Waals surface area contributed by atoms with Gasteiger partial charge in [-0.3, -0.25) is 4.79 Å². The molecule has 1 aliphatic rings. The predicted octanol–water partition coefficient (Wildman–Crippen LogP) is 2.39. The van der Waals surface area contributed by atoms with Crippen molar-refractivity contribution in [2.75, 3.05) is 26.2 Å². The zero-order valence-electron chi connectivity index (χ0n) is 13.9. The highest BCUT2D eigenvalue weighted by atomic mass is 79.9. The SMILES string of the molecule is CCN(CC)S(=O)(=O)c1ccc(Br)c(C(=O)NCC2CCCO2)c1. The lowest BCUT2D eigenvalue weighted by Gasteiger charge is -2.19. The Kier molecular flexibility index (Phi) is 6.79. The minimum absolute atomic E-state index is 0.0373. The van der Waals surface area contributed by atoms with E-state index in [1.165, 1.54) is 16.4 Å². The van der Waals surface area contributed by atoms with Crippen molar-refractivity contribution in [3.05, 3.63) is 28.2 Å². The van der Waals surface area contributed by atoms with Crippen LogP contribution in [0.5, 0.6) is 0 Å². The number of hydrogen-bond acceptors (Lipinski definition) is 4. The average Bonchev–Trinajstić information content (AvgIpc) is 3.07. The number of hydrogen-bond donors (Lipinski definition) is 1. The summed E-state index contributed by atoms with van der Waals surface area (Å²) in [5.41, 5.74) is 0.307. The van der Waals surface area contributed by atoms with Gasteiger partial charge in [0.05, 0.1) is 16.6 Å². The molecule has 6 nitrogen and oxygen atoms in total. The first-order chi connectivity index (χ1) is 11.4. The van der Waals surface area contributed by atoms with Gasteiger partial charge in [-0.15, -0.1) is 0 Å². The highest BCUT2D eigenvalue weighted by Gasteiger charge is 2.24. The second-order valence-corrected chi connectivity index (χ2v) is 8.37. The number of halogens is 1. The number of nitrogens with one attached hydrogen (secondary N) is 1. The zero-order chi connectivity index (χ0) is 17.7. The molecule has 0 saturated carbocycles. The third-order valence-electron chi connectivity index (χ3n) is 4.04. The van der Waals surface area contributed by atoms with Crippen molar-refractivity contribution in [3.8, 4) is 0 Å². The normalized spacial score (nSPS) is 18.1. The molecule has 1 atom stereocenters. The van der Waals surface area contributed by atoms with Gasteiger partial charge in [0.15, 0.2) is 0 Å². The van der Waals surface area contributed by atoms with Gasteiger partial charge in [0.25, 0.3) is 5.91 Å². The monoisotopic (exact) mass is 418 g/mol. The molecule has 0 aliphatic carbocycles. The van der Waals surface area contributed by atoms with Gasteiger partial charge in [-0.25, -0.2) is 8.42 Å². The summed E-state index contributed by atoms with van der Waals surface area (Å²) in [6.07, 6.45) is 1.97. The minimum Gasteiger partial charge on any atom is -0.376 e. The van der Waals surface area contributed by atoms with Crippen LogP contribution in [0, 0.1) is 0 Å². The number of benzene rings is 1. The third kappa shape index (κ3) is 4.36. The Labute approximate surface area is 151 Å². The first-order valence-electron chi connectivity index (χ1n) is 8.09. The van der Waals surface area contributed by atoms with Gasteiger partial charge in [-0.05, 0) is 47.0 Å². The van der Waals surface area contributed by atoms with Gasteiger partial charge in [0.2, 0.25) is 10.0 Å². The Morgan fingerprint density at radius 1 is 1.38 bits per heavy atom. The van der Waals surface area contributed by atoms with E-state index in [1.807, 2.05) is 0 Å². The highest BCUT2D eigenvalue weighted by molar-refractivity contribution is 9.10. The van der Waals surface area contributed by atoms with Crippen LogP contribution in [0.3, 0.4) is 0 Å². The van der Waals surface area contributed by atoms with Crippen molar-refractivity contribution < 1.29 is 17.9 Å². The number of nitrogens with zero attached hydrogens (tertiary/aromatic N) is 1. The second-order valence-electron chi connectivity index (χ2n) is 5.58. The van der Waals surface area contributed by atoms with Gasteiger partial charge < -0.3 is 10.1 Å². The maximum atomic E-state index is 12.6. The molecule has 1 unspecified atom stereocenters. The molecule has 1 aromatic carbocycles. The number of ether oxygens (including phenoxy) is 1. The molecule has 0 radical (unpaired) electrons. The molecule has 1 saturated heterocycles. The fourth-order valence-corrected chi connectivity index (χ4v) is 4.57. The van der Waals surface area contributed by atoms with Crippen LogP contribution in [0.4, 0.5) is 0 Å². The van der Waals surface area contributed by atoms with Crippen LogP contribution in [-0.4, -0.2) is 51.0 Å². The van der Waals surface area contributed by atoms with Crippen LogP contribution in [0.2, 0.25) is 0 Å². The van der Waals surface area contributed by atoms with Crippen LogP contribution in [0.25, 0.3) is 0 Å². The molecule has 8 heteroatoms. The summed E-state index contributed by atoms with van der Waals surface area (Å²) in [5, 5.41) is 2.82. The summed E-state index contributed by atoms with van der Waals surface area (Å²) in [4.78, 5) is 12.5. The fourth-order valence-electron chi connectivity index (χ4n) is 2.66. The van der Waals surface area contributed by atoms with Crippen molar-refractivity contribution in [2.24, 2.45) is 0 Å². The van der Waals surface area contributed by atoms with Crippen molar-refractivity contribution in [2.45, 2.75) is 37.7 Å². The molecular weight excluding hydrogens is 396 g/mol. The first kappa shape index (κ1) is 19.4. The van der Waals surface area contributed by atoms with Crippen molar-refractivity contribution >= 4 is 31.9 Å². The van der Waals surface area contributed by atoms with Gasteiger partial charge in [0.1, 0.15) is 0 Å². The summed E-state index contributed by atoms with van der Waals surface area (Å²) in [7, 11) is -3.60. The molecule has 1 aromatic rings. The largest absolute Gasteiger partial charge is 0.376 e. The molecule has 2 rings (SSSR count). The molecule has 1 N–H and O–H groups in total. The van der Waals surface area contributed by atoms with Crippen molar-refractivity contribution in [3.63, 3.8) is 0 Å². The Bertz CT molecular complexity index is 683. The lowest BCUT2D eigenvalue weighted by Crippen LogP contribution is -2.33. The van der Waals surface area contributed by atoms with Gasteiger partial charge in [-0.2, -0.15) is 4.31 Å². The molecule has 134 valence electrons. The van der Waals surface area contributed by atoms with E-state index < -0.39 is 10.0 Å². The van der Waals surface area contributed by atoms with E-state index in [0.717, 1.165) is 19.4 Å². The van der Waals surface area contributed by atoms with Crippen molar-refractivity contribution in [1.29, 1.82) is 0 Å². The topological polar surface area (TPSA) is 75.7 Å². The van der Waals surface area contributed by atoms with Gasteiger partial charge >= 0.3 is 0 Å². The Morgan fingerprint density at radius 2 is 2.08 bits per heavy atom. The van der Waals surface area contributed by atoms with E-state index in [0.29, 0.717) is 29.7 Å².